The minimum atomic E-state index is -0.753. The second kappa shape index (κ2) is 6.91. The van der Waals surface area contributed by atoms with Gasteiger partial charge in [-0.3, -0.25) is 4.79 Å². The lowest BCUT2D eigenvalue weighted by molar-refractivity contribution is -0.137. The number of carbonyl (C=O) groups is 1. The third kappa shape index (κ3) is 4.44. The zero-order valence-corrected chi connectivity index (χ0v) is 10.3. The van der Waals surface area contributed by atoms with Crippen molar-refractivity contribution in [3.05, 3.63) is 29.8 Å². The van der Waals surface area contributed by atoms with Gasteiger partial charge in [0.05, 0.1) is 7.11 Å². The molecule has 1 rings (SSSR count). The van der Waals surface area contributed by atoms with E-state index < -0.39 is 5.97 Å². The summed E-state index contributed by atoms with van der Waals surface area (Å²) in [4.78, 5) is 10.4. The Bertz CT molecular complexity index is 365. The maximum Gasteiger partial charge on any atom is 0.303 e. The van der Waals surface area contributed by atoms with Gasteiger partial charge in [-0.15, -0.1) is 0 Å². The van der Waals surface area contributed by atoms with Crippen LogP contribution in [-0.4, -0.2) is 24.7 Å². The van der Waals surface area contributed by atoms with Gasteiger partial charge in [-0.05, 0) is 26.0 Å². The van der Waals surface area contributed by atoms with Gasteiger partial charge >= 0.3 is 5.97 Å². The van der Waals surface area contributed by atoms with Crippen molar-refractivity contribution >= 4 is 5.97 Å². The van der Waals surface area contributed by atoms with Crippen LogP contribution < -0.4 is 10.1 Å². The Morgan fingerprint density at radius 2 is 2.18 bits per heavy atom. The van der Waals surface area contributed by atoms with E-state index in [-0.39, 0.29) is 12.5 Å². The average Bonchev–Trinajstić information content (AvgIpc) is 2.34. The molecule has 0 amide bonds. The van der Waals surface area contributed by atoms with E-state index in [2.05, 4.69) is 5.32 Å². The first-order valence-corrected chi connectivity index (χ1v) is 5.73. The van der Waals surface area contributed by atoms with Crippen LogP contribution in [0.25, 0.3) is 0 Å². The number of para-hydroxylation sites is 1. The Morgan fingerprint density at radius 3 is 2.82 bits per heavy atom. The zero-order valence-electron chi connectivity index (χ0n) is 10.3. The molecule has 0 aliphatic heterocycles. The number of hydrogen-bond acceptors (Lipinski definition) is 3. The molecule has 0 saturated heterocycles. The molecule has 0 unspecified atom stereocenters. The minimum Gasteiger partial charge on any atom is -0.496 e. The number of carboxylic acid groups (broad SMARTS) is 1. The molecular weight excluding hydrogens is 218 g/mol. The Morgan fingerprint density at radius 1 is 1.47 bits per heavy atom. The molecule has 4 nitrogen and oxygen atoms in total. The van der Waals surface area contributed by atoms with Crippen LogP contribution in [0.3, 0.4) is 0 Å². The predicted molar refractivity (Wildman–Crippen MR) is 66.3 cm³/mol. The van der Waals surface area contributed by atoms with Gasteiger partial charge in [-0.2, -0.15) is 0 Å². The Hall–Kier alpha value is -1.55. The van der Waals surface area contributed by atoms with Crippen LogP contribution in [0.1, 0.15) is 31.4 Å². The third-order valence-electron chi connectivity index (χ3n) is 2.62. The first kappa shape index (κ1) is 13.5. The maximum atomic E-state index is 10.4. The largest absolute Gasteiger partial charge is 0.496 e. The van der Waals surface area contributed by atoms with Crippen LogP contribution in [0.15, 0.2) is 24.3 Å². The molecule has 1 atom stereocenters. The van der Waals surface area contributed by atoms with E-state index in [1.165, 1.54) is 0 Å². The molecule has 0 aromatic heterocycles. The predicted octanol–water partition coefficient (Wildman–Crippen LogP) is 2.21. The summed E-state index contributed by atoms with van der Waals surface area (Å²) in [5.41, 5.74) is 1.09. The Balaban J connectivity index is 2.46. The van der Waals surface area contributed by atoms with E-state index in [0.29, 0.717) is 13.0 Å². The monoisotopic (exact) mass is 237 g/mol. The van der Waals surface area contributed by atoms with Gasteiger partial charge in [0, 0.05) is 18.0 Å². The second-order valence-electron chi connectivity index (χ2n) is 3.92. The van der Waals surface area contributed by atoms with Crippen LogP contribution in [0.5, 0.6) is 5.75 Å². The maximum absolute atomic E-state index is 10.4. The van der Waals surface area contributed by atoms with Crippen molar-refractivity contribution in [2.45, 2.75) is 25.8 Å². The molecule has 94 valence electrons. The number of benzene rings is 1. The van der Waals surface area contributed by atoms with Crippen molar-refractivity contribution in [2.24, 2.45) is 0 Å². The smallest absolute Gasteiger partial charge is 0.303 e. The summed E-state index contributed by atoms with van der Waals surface area (Å²) in [6.07, 6.45) is 0.834. The standard InChI is InChI=1S/C13H19NO3/c1-10(14-9-5-8-13(15)16)11-6-3-4-7-12(11)17-2/h3-4,6-7,10,14H,5,8-9H2,1-2H3,(H,15,16)/t10-/m1/s1. The lowest BCUT2D eigenvalue weighted by atomic mass is 10.1. The van der Waals surface area contributed by atoms with Crippen LogP contribution in [-0.2, 0) is 4.79 Å². The molecule has 0 spiro atoms. The van der Waals surface area contributed by atoms with E-state index >= 15 is 0 Å². The SMILES string of the molecule is COc1ccccc1[C@@H](C)NCCCC(=O)O. The lowest BCUT2D eigenvalue weighted by Gasteiger charge is -2.16. The van der Waals surface area contributed by atoms with E-state index in [1.54, 1.807) is 7.11 Å². The minimum absolute atomic E-state index is 0.153. The molecule has 0 fully saturated rings. The van der Waals surface area contributed by atoms with E-state index in [9.17, 15) is 4.79 Å². The first-order chi connectivity index (χ1) is 8.15. The third-order valence-corrected chi connectivity index (χ3v) is 2.62. The van der Waals surface area contributed by atoms with E-state index in [0.717, 1.165) is 11.3 Å². The number of aliphatic carboxylic acids is 1. The Kier molecular flexibility index (Phi) is 5.49. The van der Waals surface area contributed by atoms with Gasteiger partial charge in [0.15, 0.2) is 0 Å². The molecule has 17 heavy (non-hydrogen) atoms. The Labute approximate surface area is 102 Å². The van der Waals surface area contributed by atoms with Crippen LogP contribution in [0.2, 0.25) is 0 Å². The van der Waals surface area contributed by atoms with Gasteiger partial charge < -0.3 is 15.2 Å². The number of rotatable bonds is 7. The van der Waals surface area contributed by atoms with E-state index in [4.69, 9.17) is 9.84 Å². The quantitative estimate of drug-likeness (QED) is 0.714. The molecule has 0 aliphatic rings. The van der Waals surface area contributed by atoms with Gasteiger partial charge in [0.2, 0.25) is 0 Å². The number of hydrogen-bond donors (Lipinski definition) is 2. The molecule has 0 aliphatic carbocycles. The topological polar surface area (TPSA) is 58.6 Å². The normalized spacial score (nSPS) is 12.1. The molecule has 1 aromatic carbocycles. The van der Waals surface area contributed by atoms with Crippen molar-refractivity contribution in [2.75, 3.05) is 13.7 Å². The second-order valence-corrected chi connectivity index (χ2v) is 3.92. The number of ether oxygens (including phenoxy) is 1. The molecule has 1 aromatic rings. The average molecular weight is 237 g/mol. The molecule has 2 N–H and O–H groups in total. The molecule has 0 radical (unpaired) electrons. The van der Waals surface area contributed by atoms with Crippen molar-refractivity contribution in [1.82, 2.24) is 5.32 Å². The molecule has 0 bridgehead atoms. The first-order valence-electron chi connectivity index (χ1n) is 5.73. The number of nitrogens with one attached hydrogen (secondary N) is 1. The highest BCUT2D eigenvalue weighted by molar-refractivity contribution is 5.66. The highest BCUT2D eigenvalue weighted by Crippen LogP contribution is 2.24. The summed E-state index contributed by atoms with van der Waals surface area (Å²) in [6, 6.07) is 7.98. The van der Waals surface area contributed by atoms with Crippen LogP contribution >= 0.6 is 0 Å². The number of methoxy groups -OCH3 is 1. The fraction of sp³-hybridized carbons (Fsp3) is 0.462. The molecule has 0 saturated carbocycles. The van der Waals surface area contributed by atoms with Crippen molar-refractivity contribution < 1.29 is 14.6 Å². The summed E-state index contributed by atoms with van der Waals surface area (Å²) < 4.78 is 5.28. The van der Waals surface area contributed by atoms with Crippen LogP contribution in [0.4, 0.5) is 0 Å². The summed E-state index contributed by atoms with van der Waals surface area (Å²) in [6.45, 7) is 2.73. The molecular formula is C13H19NO3. The van der Waals surface area contributed by atoms with Crippen molar-refractivity contribution in [3.63, 3.8) is 0 Å². The highest BCUT2D eigenvalue weighted by Gasteiger charge is 2.09. The van der Waals surface area contributed by atoms with Crippen molar-refractivity contribution in [3.8, 4) is 5.75 Å². The summed E-state index contributed by atoms with van der Waals surface area (Å²) in [7, 11) is 1.65. The van der Waals surface area contributed by atoms with Gasteiger partial charge in [0.1, 0.15) is 5.75 Å². The summed E-state index contributed by atoms with van der Waals surface area (Å²) >= 11 is 0. The fourth-order valence-corrected chi connectivity index (χ4v) is 1.69. The fourth-order valence-electron chi connectivity index (χ4n) is 1.69. The molecule has 0 heterocycles. The van der Waals surface area contributed by atoms with Crippen LogP contribution in [0, 0.1) is 0 Å². The van der Waals surface area contributed by atoms with Gasteiger partial charge in [0.25, 0.3) is 0 Å². The number of carboxylic acids is 1. The lowest BCUT2D eigenvalue weighted by Crippen LogP contribution is -2.21. The summed E-state index contributed by atoms with van der Waals surface area (Å²) in [5, 5.41) is 11.8. The zero-order chi connectivity index (χ0) is 12.7. The van der Waals surface area contributed by atoms with E-state index in [1.807, 2.05) is 31.2 Å². The summed E-state index contributed by atoms with van der Waals surface area (Å²) in [5.74, 6) is 0.0995. The van der Waals surface area contributed by atoms with Gasteiger partial charge in [-0.1, -0.05) is 18.2 Å². The van der Waals surface area contributed by atoms with Crippen molar-refractivity contribution in [1.29, 1.82) is 0 Å². The van der Waals surface area contributed by atoms with Gasteiger partial charge in [-0.25, -0.2) is 0 Å². The highest BCUT2D eigenvalue weighted by atomic mass is 16.5. The molecule has 4 heteroatoms.